The summed E-state index contributed by atoms with van der Waals surface area (Å²) < 4.78 is 38.8. The Morgan fingerprint density at radius 2 is 2.09 bits per heavy atom. The van der Waals surface area contributed by atoms with Gasteiger partial charge >= 0.3 is 0 Å². The van der Waals surface area contributed by atoms with Crippen molar-refractivity contribution in [1.82, 2.24) is 4.98 Å². The Hall–Kier alpha value is -2.61. The molecule has 1 atom stereocenters. The minimum Gasteiger partial charge on any atom is -0.293 e. The lowest BCUT2D eigenvalue weighted by atomic mass is 9.93. The van der Waals surface area contributed by atoms with Crippen molar-refractivity contribution in [3.63, 3.8) is 0 Å². The number of halogens is 1. The van der Waals surface area contributed by atoms with Gasteiger partial charge in [-0.2, -0.15) is 0 Å². The fourth-order valence-corrected chi connectivity index (χ4v) is 2.91. The van der Waals surface area contributed by atoms with Crippen LogP contribution >= 0.6 is 0 Å². The second kappa shape index (κ2) is 5.54. The second-order valence-corrected chi connectivity index (χ2v) is 6.85. The molecule has 0 fully saturated rings. The van der Waals surface area contributed by atoms with Crippen LogP contribution in [-0.2, 0) is 10.0 Å². The Kier molecular flexibility index (Phi) is 3.69. The normalized spacial score (nSPS) is 16.2. The van der Waals surface area contributed by atoms with E-state index in [0.717, 1.165) is 12.3 Å². The van der Waals surface area contributed by atoms with Crippen LogP contribution in [-0.4, -0.2) is 31.7 Å². The average molecular weight is 333 g/mol. The molecule has 0 amide bonds. The van der Waals surface area contributed by atoms with Gasteiger partial charge in [-0.05, 0) is 24.3 Å². The molecule has 1 aromatic carbocycles. The number of carbonyl (C=O) groups excluding carboxylic acids is 1. The molecule has 1 aromatic heterocycles. The van der Waals surface area contributed by atoms with Crippen LogP contribution in [0.2, 0.25) is 0 Å². The number of sulfonamides is 1. The van der Waals surface area contributed by atoms with E-state index in [-0.39, 0.29) is 11.3 Å². The van der Waals surface area contributed by atoms with Crippen LogP contribution in [0.1, 0.15) is 21.8 Å². The summed E-state index contributed by atoms with van der Waals surface area (Å²) in [5, 5.41) is 0. The van der Waals surface area contributed by atoms with Gasteiger partial charge in [-0.25, -0.2) is 22.8 Å². The largest absolute Gasteiger partial charge is 0.293 e. The highest BCUT2D eigenvalue weighted by Crippen LogP contribution is 2.33. The van der Waals surface area contributed by atoms with Gasteiger partial charge in [-0.15, -0.1) is 0 Å². The van der Waals surface area contributed by atoms with Gasteiger partial charge in [-0.3, -0.25) is 9.52 Å². The number of rotatable bonds is 4. The first kappa shape index (κ1) is 15.3. The van der Waals surface area contributed by atoms with Gasteiger partial charge in [0.25, 0.3) is 0 Å². The van der Waals surface area contributed by atoms with Crippen molar-refractivity contribution in [3.05, 3.63) is 53.5 Å². The van der Waals surface area contributed by atoms with Crippen LogP contribution in [0.4, 0.5) is 15.9 Å². The smallest absolute Gasteiger partial charge is 0.229 e. The minimum absolute atomic E-state index is 0.124. The fraction of sp³-hybridized carbons (Fsp3) is 0.133. The Balaban J connectivity index is 1.97. The molecule has 0 saturated carbocycles. The molecular weight excluding hydrogens is 321 g/mol. The van der Waals surface area contributed by atoms with Gasteiger partial charge in [0.15, 0.2) is 11.6 Å². The maximum Gasteiger partial charge on any atom is 0.229 e. The second-order valence-electron chi connectivity index (χ2n) is 5.11. The van der Waals surface area contributed by atoms with Crippen molar-refractivity contribution in [2.75, 3.05) is 11.0 Å². The molecule has 0 saturated heterocycles. The molecule has 0 bridgehead atoms. The van der Waals surface area contributed by atoms with E-state index < -0.39 is 27.5 Å². The van der Waals surface area contributed by atoms with Crippen LogP contribution in [0.25, 0.3) is 0 Å². The molecule has 6 nitrogen and oxygen atoms in total. The summed E-state index contributed by atoms with van der Waals surface area (Å²) in [6, 6.07) is 6.86. The van der Waals surface area contributed by atoms with E-state index in [1.807, 2.05) is 0 Å². The summed E-state index contributed by atoms with van der Waals surface area (Å²) in [6.45, 7) is 0. The highest BCUT2D eigenvalue weighted by molar-refractivity contribution is 7.92. The third kappa shape index (κ3) is 3.11. The zero-order valence-electron chi connectivity index (χ0n) is 12.0. The lowest BCUT2D eigenvalue weighted by Gasteiger charge is -2.11. The van der Waals surface area contributed by atoms with Gasteiger partial charge in [0.05, 0.1) is 17.7 Å². The summed E-state index contributed by atoms with van der Waals surface area (Å²) in [5.74, 6) is -1.53. The summed E-state index contributed by atoms with van der Waals surface area (Å²) in [4.78, 5) is 20.7. The standard InChI is InChI=1S/C15H12FN3O3S/c1-23(21,22)19-9-4-5-13(16)11(7-9)14(20)12-8-18-15-10(12)3-2-6-17-15/h2-8,12,19H,1H3. The lowest BCUT2D eigenvalue weighted by molar-refractivity contribution is 0.0981. The predicted molar refractivity (Wildman–Crippen MR) is 84.3 cm³/mol. The van der Waals surface area contributed by atoms with E-state index in [2.05, 4.69) is 14.7 Å². The van der Waals surface area contributed by atoms with Crippen molar-refractivity contribution in [2.45, 2.75) is 5.92 Å². The van der Waals surface area contributed by atoms with Crippen LogP contribution in [0.15, 0.2) is 41.5 Å². The number of pyridine rings is 1. The Morgan fingerprint density at radius 3 is 2.83 bits per heavy atom. The topological polar surface area (TPSA) is 88.5 Å². The molecule has 2 heterocycles. The zero-order valence-corrected chi connectivity index (χ0v) is 12.8. The minimum atomic E-state index is -3.52. The summed E-state index contributed by atoms with van der Waals surface area (Å²) >= 11 is 0. The van der Waals surface area contributed by atoms with Gasteiger partial charge in [0.1, 0.15) is 5.82 Å². The van der Waals surface area contributed by atoms with Crippen LogP contribution in [0, 0.1) is 5.82 Å². The zero-order chi connectivity index (χ0) is 16.6. The molecule has 0 radical (unpaired) electrons. The lowest BCUT2D eigenvalue weighted by Crippen LogP contribution is -2.15. The first-order chi connectivity index (χ1) is 10.8. The number of fused-ring (bicyclic) bond motifs is 1. The van der Waals surface area contributed by atoms with Gasteiger partial charge in [-0.1, -0.05) is 6.07 Å². The van der Waals surface area contributed by atoms with E-state index in [0.29, 0.717) is 11.4 Å². The number of ketones is 1. The number of aromatic nitrogens is 1. The number of hydrogen-bond donors (Lipinski definition) is 1. The predicted octanol–water partition coefficient (Wildman–Crippen LogP) is 2.27. The molecule has 1 N–H and O–H groups in total. The number of anilines is 1. The molecular formula is C15H12FN3O3S. The number of benzene rings is 1. The molecule has 3 rings (SSSR count). The van der Waals surface area contributed by atoms with E-state index in [1.54, 1.807) is 18.3 Å². The number of Topliss-reactive ketones (excluding diaryl/α,β-unsaturated/α-hetero) is 1. The van der Waals surface area contributed by atoms with Crippen LogP contribution < -0.4 is 4.72 Å². The van der Waals surface area contributed by atoms with Crippen molar-refractivity contribution in [3.8, 4) is 0 Å². The molecule has 23 heavy (non-hydrogen) atoms. The monoisotopic (exact) mass is 333 g/mol. The fourth-order valence-electron chi connectivity index (χ4n) is 2.35. The third-order valence-corrected chi connectivity index (χ3v) is 3.92. The average Bonchev–Trinajstić information content (AvgIpc) is 2.91. The van der Waals surface area contributed by atoms with Crippen molar-refractivity contribution in [2.24, 2.45) is 4.99 Å². The first-order valence-electron chi connectivity index (χ1n) is 6.66. The Morgan fingerprint density at radius 1 is 1.30 bits per heavy atom. The van der Waals surface area contributed by atoms with E-state index >= 15 is 0 Å². The molecule has 8 heteroatoms. The molecule has 1 aliphatic rings. The molecule has 1 unspecified atom stereocenters. The van der Waals surface area contributed by atoms with Crippen molar-refractivity contribution in [1.29, 1.82) is 0 Å². The van der Waals surface area contributed by atoms with Crippen molar-refractivity contribution >= 4 is 33.5 Å². The van der Waals surface area contributed by atoms with Gasteiger partial charge in [0.2, 0.25) is 10.0 Å². The number of nitrogens with one attached hydrogen (secondary N) is 1. The molecule has 2 aromatic rings. The highest BCUT2D eigenvalue weighted by atomic mass is 32.2. The van der Waals surface area contributed by atoms with Gasteiger partial charge in [0, 0.05) is 23.7 Å². The van der Waals surface area contributed by atoms with Crippen LogP contribution in [0.5, 0.6) is 0 Å². The summed E-state index contributed by atoms with van der Waals surface area (Å²) in [5.41, 5.74) is 0.517. The summed E-state index contributed by atoms with van der Waals surface area (Å²) in [6.07, 6.45) is 3.94. The van der Waals surface area contributed by atoms with Crippen LogP contribution in [0.3, 0.4) is 0 Å². The molecule has 0 aliphatic carbocycles. The molecule has 0 spiro atoms. The highest BCUT2D eigenvalue weighted by Gasteiger charge is 2.29. The van der Waals surface area contributed by atoms with Gasteiger partial charge < -0.3 is 0 Å². The maximum atomic E-state index is 14.0. The SMILES string of the molecule is CS(=O)(=O)Nc1ccc(F)c(C(=O)C2C=Nc3ncccc32)c1. The number of aliphatic imine (C=N–C) groups is 1. The first-order valence-corrected chi connectivity index (χ1v) is 8.55. The number of nitrogens with zero attached hydrogens (tertiary/aromatic N) is 2. The summed E-state index contributed by atoms with van der Waals surface area (Å²) in [7, 11) is -3.52. The van der Waals surface area contributed by atoms with E-state index in [9.17, 15) is 17.6 Å². The quantitative estimate of drug-likeness (QED) is 0.869. The maximum absolute atomic E-state index is 14.0. The van der Waals surface area contributed by atoms with Crippen molar-refractivity contribution < 1.29 is 17.6 Å². The molecule has 118 valence electrons. The van der Waals surface area contributed by atoms with E-state index in [4.69, 9.17) is 0 Å². The third-order valence-electron chi connectivity index (χ3n) is 3.32. The Bertz CT molecular complexity index is 925. The molecule has 1 aliphatic heterocycles. The van der Waals surface area contributed by atoms with E-state index in [1.165, 1.54) is 18.3 Å². The number of hydrogen-bond acceptors (Lipinski definition) is 5. The number of carbonyl (C=O) groups is 1. The Labute approximate surface area is 132 Å².